The zero-order chi connectivity index (χ0) is 7.78. The van der Waals surface area contributed by atoms with Crippen LogP contribution in [0.3, 0.4) is 0 Å². The smallest absolute Gasteiger partial charge is 0.250 e. The van der Waals surface area contributed by atoms with Gasteiger partial charge in [0.05, 0.1) is 6.42 Å². The first kappa shape index (κ1) is 7.47. The van der Waals surface area contributed by atoms with E-state index in [4.69, 9.17) is 12.2 Å². The fourth-order valence-electron chi connectivity index (χ4n) is 0.892. The van der Waals surface area contributed by atoms with Gasteiger partial charge in [-0.15, -0.1) is 0 Å². The highest BCUT2D eigenvalue weighted by atomic mass is 32.1. The van der Waals surface area contributed by atoms with E-state index in [0.29, 0.717) is 11.5 Å². The number of hydrogen-bond acceptors (Lipinski definition) is 2. The summed E-state index contributed by atoms with van der Waals surface area (Å²) in [6.45, 7) is 3.84. The van der Waals surface area contributed by atoms with Gasteiger partial charge in [0, 0.05) is 5.54 Å². The van der Waals surface area contributed by atoms with Crippen molar-refractivity contribution in [2.75, 3.05) is 0 Å². The van der Waals surface area contributed by atoms with Gasteiger partial charge in [-0.3, -0.25) is 4.79 Å². The molecule has 0 saturated carbocycles. The molecule has 0 spiro atoms. The molecular formula is C6H9N2OS. The molecule has 1 rings (SSSR count). The lowest BCUT2D eigenvalue weighted by Crippen LogP contribution is -2.54. The summed E-state index contributed by atoms with van der Waals surface area (Å²) in [7, 11) is 0. The number of carbonyl (C=O) groups is 1. The quantitative estimate of drug-likeness (QED) is 0.510. The molecule has 1 fully saturated rings. The minimum Gasteiger partial charge on any atom is -0.355 e. The normalized spacial score (nSPS) is 23.4. The Morgan fingerprint density at radius 2 is 2.30 bits per heavy atom. The van der Waals surface area contributed by atoms with Gasteiger partial charge in [-0.2, -0.15) is 5.32 Å². The van der Waals surface area contributed by atoms with Crippen molar-refractivity contribution in [2.45, 2.75) is 25.8 Å². The van der Waals surface area contributed by atoms with E-state index in [-0.39, 0.29) is 11.4 Å². The average Bonchev–Trinajstić information content (AvgIpc) is 1.54. The zero-order valence-corrected chi connectivity index (χ0v) is 6.79. The lowest BCUT2D eigenvalue weighted by atomic mass is 9.99. The van der Waals surface area contributed by atoms with Gasteiger partial charge >= 0.3 is 0 Å². The minimum absolute atomic E-state index is 0.131. The molecule has 10 heavy (non-hydrogen) atoms. The maximum atomic E-state index is 10.8. The first-order chi connectivity index (χ1) is 4.49. The number of carbonyl (C=O) groups excluding carboxylic acids is 1. The fraction of sp³-hybridized carbons (Fsp3) is 0.667. The van der Waals surface area contributed by atoms with E-state index >= 15 is 0 Å². The molecule has 1 radical (unpaired) electrons. The van der Waals surface area contributed by atoms with Crippen LogP contribution in [0.4, 0.5) is 0 Å². The summed E-state index contributed by atoms with van der Waals surface area (Å²) in [5, 5.41) is 6.80. The monoisotopic (exact) mass is 157 g/mol. The Balaban J connectivity index is 2.68. The third-order valence-corrected chi connectivity index (χ3v) is 1.46. The Morgan fingerprint density at radius 1 is 1.70 bits per heavy atom. The molecule has 0 aliphatic carbocycles. The van der Waals surface area contributed by atoms with Crippen LogP contribution in [-0.2, 0) is 4.79 Å². The molecular weight excluding hydrogens is 148 g/mol. The molecule has 3 nitrogen and oxygen atoms in total. The van der Waals surface area contributed by atoms with Crippen molar-refractivity contribution in [3.8, 4) is 0 Å². The van der Waals surface area contributed by atoms with Crippen molar-refractivity contribution in [3.63, 3.8) is 0 Å². The second-order valence-electron chi connectivity index (χ2n) is 3.00. The number of hydrogen-bond donors (Lipinski definition) is 1. The topological polar surface area (TPSA) is 43.2 Å². The highest BCUT2D eigenvalue weighted by molar-refractivity contribution is 7.80. The van der Waals surface area contributed by atoms with Gasteiger partial charge in [0.15, 0.2) is 5.11 Å². The zero-order valence-electron chi connectivity index (χ0n) is 5.97. The number of rotatable bonds is 0. The van der Waals surface area contributed by atoms with E-state index in [9.17, 15) is 4.79 Å². The third kappa shape index (κ3) is 1.67. The van der Waals surface area contributed by atoms with Crippen molar-refractivity contribution >= 4 is 23.2 Å². The summed E-state index contributed by atoms with van der Waals surface area (Å²) in [4.78, 5) is 10.8. The highest BCUT2D eigenvalue weighted by Gasteiger charge is 2.29. The van der Waals surface area contributed by atoms with Crippen LogP contribution in [0.5, 0.6) is 0 Å². The minimum atomic E-state index is -0.212. The van der Waals surface area contributed by atoms with Crippen LogP contribution in [0, 0.1) is 0 Å². The van der Waals surface area contributed by atoms with E-state index < -0.39 is 0 Å². The molecule has 0 bridgehead atoms. The van der Waals surface area contributed by atoms with Crippen LogP contribution < -0.4 is 10.6 Å². The molecule has 1 saturated heterocycles. The van der Waals surface area contributed by atoms with Crippen LogP contribution >= 0.6 is 12.2 Å². The maximum Gasteiger partial charge on any atom is 0.250 e. The lowest BCUT2D eigenvalue weighted by molar-refractivity contribution is -0.121. The van der Waals surface area contributed by atoms with E-state index in [2.05, 4.69) is 10.6 Å². The third-order valence-electron chi connectivity index (χ3n) is 1.26. The van der Waals surface area contributed by atoms with Gasteiger partial charge in [0.2, 0.25) is 0 Å². The second-order valence-corrected chi connectivity index (χ2v) is 3.38. The predicted octanol–water partition coefficient (Wildman–Crippen LogP) is 0.174. The average molecular weight is 157 g/mol. The molecule has 1 aliphatic rings. The van der Waals surface area contributed by atoms with Crippen molar-refractivity contribution in [2.24, 2.45) is 0 Å². The number of nitrogens with zero attached hydrogens (tertiary/aromatic N) is 1. The van der Waals surface area contributed by atoms with Gasteiger partial charge in [-0.1, -0.05) is 0 Å². The van der Waals surface area contributed by atoms with Crippen LogP contribution in [-0.4, -0.2) is 16.6 Å². The predicted molar refractivity (Wildman–Crippen MR) is 41.6 cm³/mol. The van der Waals surface area contributed by atoms with E-state index in [1.807, 2.05) is 13.8 Å². The molecule has 0 atom stereocenters. The lowest BCUT2D eigenvalue weighted by Gasteiger charge is -2.30. The summed E-state index contributed by atoms with van der Waals surface area (Å²) in [5.74, 6) is -0.131. The van der Waals surface area contributed by atoms with E-state index in [1.165, 1.54) is 0 Å². The molecule has 0 aromatic heterocycles. The van der Waals surface area contributed by atoms with Gasteiger partial charge in [0.25, 0.3) is 5.91 Å². The molecule has 1 N–H and O–H groups in total. The molecule has 0 unspecified atom stereocenters. The van der Waals surface area contributed by atoms with Gasteiger partial charge in [0.1, 0.15) is 0 Å². The Kier molecular flexibility index (Phi) is 1.64. The summed E-state index contributed by atoms with van der Waals surface area (Å²) in [6, 6.07) is 0. The molecule has 1 amide bonds. The van der Waals surface area contributed by atoms with Crippen LogP contribution in [0.15, 0.2) is 0 Å². The molecule has 4 heteroatoms. The highest BCUT2D eigenvalue weighted by Crippen LogP contribution is 2.11. The molecule has 1 aliphatic heterocycles. The summed E-state index contributed by atoms with van der Waals surface area (Å²) in [5.41, 5.74) is -0.212. The Morgan fingerprint density at radius 3 is 2.70 bits per heavy atom. The largest absolute Gasteiger partial charge is 0.355 e. The van der Waals surface area contributed by atoms with Gasteiger partial charge < -0.3 is 5.32 Å². The molecule has 0 aromatic carbocycles. The fourth-order valence-corrected chi connectivity index (χ4v) is 1.27. The summed E-state index contributed by atoms with van der Waals surface area (Å²) < 4.78 is 0. The Labute approximate surface area is 65.2 Å². The van der Waals surface area contributed by atoms with Crippen molar-refractivity contribution < 1.29 is 4.79 Å². The SMILES string of the molecule is CC1(C)CC(=O)[N]C(=S)N1. The molecule has 1 heterocycles. The number of amides is 1. The second kappa shape index (κ2) is 2.20. The van der Waals surface area contributed by atoms with E-state index in [0.717, 1.165) is 0 Å². The molecule has 0 aromatic rings. The van der Waals surface area contributed by atoms with Crippen molar-refractivity contribution in [1.29, 1.82) is 0 Å². The summed E-state index contributed by atoms with van der Waals surface area (Å²) >= 11 is 4.73. The van der Waals surface area contributed by atoms with Crippen LogP contribution in [0.25, 0.3) is 0 Å². The summed E-state index contributed by atoms with van der Waals surface area (Å²) in [6.07, 6.45) is 0.424. The van der Waals surface area contributed by atoms with E-state index in [1.54, 1.807) is 0 Å². The standard InChI is InChI=1S/C6H9N2OS/c1-6(2)3-4(9)7-5(10)8-6/h3H2,1-2H3,(H,8,10). The van der Waals surface area contributed by atoms with Crippen LogP contribution in [0.2, 0.25) is 0 Å². The van der Waals surface area contributed by atoms with Gasteiger partial charge in [-0.25, -0.2) is 0 Å². The Hall–Kier alpha value is -0.640. The number of thiocarbonyl (C=S) groups is 1. The van der Waals surface area contributed by atoms with Crippen molar-refractivity contribution in [1.82, 2.24) is 10.6 Å². The molecule has 55 valence electrons. The first-order valence-electron chi connectivity index (χ1n) is 3.06. The van der Waals surface area contributed by atoms with Crippen LogP contribution in [0.1, 0.15) is 20.3 Å². The van der Waals surface area contributed by atoms with Gasteiger partial charge in [-0.05, 0) is 26.1 Å². The number of nitrogens with one attached hydrogen (secondary N) is 1. The Bertz CT molecular complexity index is 170. The maximum absolute atomic E-state index is 10.8. The van der Waals surface area contributed by atoms with Crippen molar-refractivity contribution in [3.05, 3.63) is 0 Å². The first-order valence-corrected chi connectivity index (χ1v) is 3.47.